The highest BCUT2D eigenvalue weighted by Crippen LogP contribution is 2.28. The van der Waals surface area contributed by atoms with Gasteiger partial charge in [0.15, 0.2) is 5.96 Å². The maximum Gasteiger partial charge on any atom is 0.191 e. The summed E-state index contributed by atoms with van der Waals surface area (Å²) in [6.07, 6.45) is 5.99. The average molecular weight is 350 g/mol. The van der Waals surface area contributed by atoms with Crippen LogP contribution in [0.15, 0.2) is 29.3 Å². The molecule has 1 aromatic carbocycles. The van der Waals surface area contributed by atoms with Crippen LogP contribution in [-0.4, -0.2) is 36.7 Å². The van der Waals surface area contributed by atoms with E-state index in [1.807, 2.05) is 18.7 Å². The summed E-state index contributed by atoms with van der Waals surface area (Å²) in [6, 6.07) is 9.08. The van der Waals surface area contributed by atoms with Gasteiger partial charge in [-0.2, -0.15) is 11.8 Å². The fraction of sp³-hybridized carbons (Fsp3) is 0.632. The Hall–Kier alpha value is -1.20. The third-order valence-electron chi connectivity index (χ3n) is 4.32. The number of hydrogen-bond acceptors (Lipinski definition) is 3. The molecule has 1 aliphatic rings. The van der Waals surface area contributed by atoms with Crippen LogP contribution < -0.4 is 10.6 Å². The van der Waals surface area contributed by atoms with E-state index in [1.54, 1.807) is 0 Å². The van der Waals surface area contributed by atoms with Crippen LogP contribution in [-0.2, 0) is 17.9 Å². The van der Waals surface area contributed by atoms with E-state index in [1.165, 1.54) is 30.4 Å². The largest absolute Gasteiger partial charge is 0.377 e. The quantitative estimate of drug-likeness (QED) is 0.556. The van der Waals surface area contributed by atoms with E-state index in [0.717, 1.165) is 24.4 Å². The number of rotatable bonds is 8. The Bertz CT molecular complexity index is 504. The van der Waals surface area contributed by atoms with Crippen molar-refractivity contribution in [2.45, 2.75) is 57.6 Å². The summed E-state index contributed by atoms with van der Waals surface area (Å²) in [7, 11) is 0. The number of ether oxygens (including phenoxy) is 1. The van der Waals surface area contributed by atoms with Gasteiger partial charge in [-0.3, -0.25) is 0 Å². The van der Waals surface area contributed by atoms with Crippen molar-refractivity contribution in [1.29, 1.82) is 0 Å². The van der Waals surface area contributed by atoms with Crippen molar-refractivity contribution in [3.05, 3.63) is 35.4 Å². The molecule has 0 saturated heterocycles. The van der Waals surface area contributed by atoms with Gasteiger partial charge in [-0.25, -0.2) is 4.99 Å². The fourth-order valence-corrected chi connectivity index (χ4v) is 3.73. The molecule has 0 aromatic heterocycles. The minimum Gasteiger partial charge on any atom is -0.377 e. The van der Waals surface area contributed by atoms with E-state index in [4.69, 9.17) is 9.73 Å². The fourth-order valence-electron chi connectivity index (χ4n) is 2.93. The molecule has 4 nitrogen and oxygen atoms in total. The summed E-state index contributed by atoms with van der Waals surface area (Å²) < 4.78 is 5.43. The Labute approximate surface area is 150 Å². The maximum atomic E-state index is 5.43. The number of nitrogens with zero attached hydrogens (tertiary/aromatic N) is 1. The number of guanidine groups is 1. The summed E-state index contributed by atoms with van der Waals surface area (Å²) in [4.78, 5) is 4.75. The van der Waals surface area contributed by atoms with Crippen LogP contribution in [0.2, 0.25) is 0 Å². The van der Waals surface area contributed by atoms with Gasteiger partial charge in [-0.05, 0) is 50.5 Å². The van der Waals surface area contributed by atoms with Gasteiger partial charge in [-0.1, -0.05) is 24.3 Å². The minimum atomic E-state index is 0.550. The first kappa shape index (κ1) is 19.1. The van der Waals surface area contributed by atoms with Crippen molar-refractivity contribution < 1.29 is 4.74 Å². The van der Waals surface area contributed by atoms with Crippen molar-refractivity contribution in [3.63, 3.8) is 0 Å². The van der Waals surface area contributed by atoms with Gasteiger partial charge < -0.3 is 15.4 Å². The summed E-state index contributed by atoms with van der Waals surface area (Å²) in [5.41, 5.74) is 2.43. The van der Waals surface area contributed by atoms with Gasteiger partial charge >= 0.3 is 0 Å². The molecule has 0 amide bonds. The van der Waals surface area contributed by atoms with E-state index < -0.39 is 0 Å². The summed E-state index contributed by atoms with van der Waals surface area (Å²) in [5, 5.41) is 7.75. The van der Waals surface area contributed by atoms with Crippen molar-refractivity contribution in [2.75, 3.05) is 19.4 Å². The van der Waals surface area contributed by atoms with Gasteiger partial charge in [0.25, 0.3) is 0 Å². The number of hydrogen-bond donors (Lipinski definition) is 2. The Morgan fingerprint density at radius 1 is 1.21 bits per heavy atom. The van der Waals surface area contributed by atoms with Crippen LogP contribution in [0.25, 0.3) is 0 Å². The Balaban J connectivity index is 1.88. The lowest BCUT2D eigenvalue weighted by molar-refractivity contribution is 0.134. The van der Waals surface area contributed by atoms with Gasteiger partial charge in [0, 0.05) is 24.4 Å². The summed E-state index contributed by atoms with van der Waals surface area (Å²) in [5.74, 6) is 0.933. The molecule has 2 atom stereocenters. The lowest BCUT2D eigenvalue weighted by Gasteiger charge is -2.17. The normalized spacial score (nSPS) is 21.0. The molecular weight excluding hydrogens is 318 g/mol. The summed E-state index contributed by atoms with van der Waals surface area (Å²) in [6.45, 7) is 7.15. The van der Waals surface area contributed by atoms with E-state index in [0.29, 0.717) is 19.2 Å². The van der Waals surface area contributed by atoms with E-state index in [-0.39, 0.29) is 0 Å². The Morgan fingerprint density at radius 2 is 1.96 bits per heavy atom. The number of benzene rings is 1. The van der Waals surface area contributed by atoms with Crippen LogP contribution in [0.5, 0.6) is 0 Å². The predicted molar refractivity (Wildman–Crippen MR) is 105 cm³/mol. The standard InChI is InChI=1S/C19H31N3OS/c1-4-20-19(22-17-10-11-18(12-17)24-3)21-13-15-6-8-16(9-7-15)14-23-5-2/h6-9,17-18H,4-5,10-14H2,1-3H3,(H2,20,21,22). The van der Waals surface area contributed by atoms with Crippen molar-refractivity contribution >= 4 is 17.7 Å². The molecule has 1 saturated carbocycles. The van der Waals surface area contributed by atoms with Crippen LogP contribution in [0.1, 0.15) is 44.2 Å². The smallest absolute Gasteiger partial charge is 0.191 e. The summed E-state index contributed by atoms with van der Waals surface area (Å²) >= 11 is 1.98. The molecular formula is C19H31N3OS. The van der Waals surface area contributed by atoms with Gasteiger partial charge in [0.2, 0.25) is 0 Å². The highest BCUT2D eigenvalue weighted by molar-refractivity contribution is 7.99. The molecule has 1 aromatic rings. The number of nitrogens with one attached hydrogen (secondary N) is 2. The zero-order chi connectivity index (χ0) is 17.2. The second kappa shape index (κ2) is 10.6. The first-order valence-corrected chi connectivity index (χ1v) is 10.3. The molecule has 0 heterocycles. The van der Waals surface area contributed by atoms with Crippen LogP contribution in [0.4, 0.5) is 0 Å². The first-order valence-electron chi connectivity index (χ1n) is 8.98. The molecule has 24 heavy (non-hydrogen) atoms. The van der Waals surface area contributed by atoms with Crippen molar-refractivity contribution in [2.24, 2.45) is 4.99 Å². The van der Waals surface area contributed by atoms with Crippen molar-refractivity contribution in [1.82, 2.24) is 10.6 Å². The maximum absolute atomic E-state index is 5.43. The lowest BCUT2D eigenvalue weighted by Crippen LogP contribution is -2.42. The van der Waals surface area contributed by atoms with Gasteiger partial charge in [0.1, 0.15) is 0 Å². The molecule has 1 fully saturated rings. The highest BCUT2D eigenvalue weighted by atomic mass is 32.2. The number of thioether (sulfide) groups is 1. The van der Waals surface area contributed by atoms with Crippen LogP contribution >= 0.6 is 11.8 Å². The Kier molecular flexibility index (Phi) is 8.47. The molecule has 2 unspecified atom stereocenters. The SMILES string of the molecule is CCNC(=NCc1ccc(COCC)cc1)NC1CCC(SC)C1. The molecule has 0 radical (unpaired) electrons. The van der Waals surface area contributed by atoms with Gasteiger partial charge in [-0.15, -0.1) is 0 Å². The van der Waals surface area contributed by atoms with Crippen LogP contribution in [0.3, 0.4) is 0 Å². The molecule has 1 aliphatic carbocycles. The molecule has 134 valence electrons. The molecule has 0 aliphatic heterocycles. The average Bonchev–Trinajstić information content (AvgIpc) is 3.06. The topological polar surface area (TPSA) is 45.7 Å². The third kappa shape index (κ3) is 6.36. The molecule has 5 heteroatoms. The van der Waals surface area contributed by atoms with Crippen LogP contribution in [0, 0.1) is 0 Å². The van der Waals surface area contributed by atoms with E-state index >= 15 is 0 Å². The zero-order valence-electron chi connectivity index (χ0n) is 15.2. The molecule has 2 rings (SSSR count). The molecule has 0 spiro atoms. The number of aliphatic imine (C=N–C) groups is 1. The minimum absolute atomic E-state index is 0.550. The Morgan fingerprint density at radius 3 is 2.58 bits per heavy atom. The van der Waals surface area contributed by atoms with E-state index in [9.17, 15) is 0 Å². The predicted octanol–water partition coefficient (Wildman–Crippen LogP) is 3.56. The first-order chi connectivity index (χ1) is 11.7. The zero-order valence-corrected chi connectivity index (χ0v) is 16.0. The van der Waals surface area contributed by atoms with E-state index in [2.05, 4.69) is 48.1 Å². The van der Waals surface area contributed by atoms with Gasteiger partial charge in [0.05, 0.1) is 13.2 Å². The monoisotopic (exact) mass is 349 g/mol. The molecule has 2 N–H and O–H groups in total. The second-order valence-corrected chi connectivity index (χ2v) is 7.30. The van der Waals surface area contributed by atoms with Crippen molar-refractivity contribution in [3.8, 4) is 0 Å². The third-order valence-corrected chi connectivity index (χ3v) is 5.41. The molecule has 0 bridgehead atoms. The lowest BCUT2D eigenvalue weighted by atomic mass is 10.1. The highest BCUT2D eigenvalue weighted by Gasteiger charge is 2.24. The second-order valence-electron chi connectivity index (χ2n) is 6.16.